The van der Waals surface area contributed by atoms with Gasteiger partial charge in [-0.3, -0.25) is 14.8 Å². The van der Waals surface area contributed by atoms with Crippen molar-refractivity contribution in [3.63, 3.8) is 0 Å². The van der Waals surface area contributed by atoms with Crippen molar-refractivity contribution in [3.8, 4) is 34.3 Å². The number of nitrogens with zero attached hydrogens (tertiary/aromatic N) is 4. The zero-order chi connectivity index (χ0) is 32.5. The maximum atomic E-state index is 11.6. The number of hydrogen-bond donors (Lipinski definition) is 1. The zero-order valence-corrected chi connectivity index (χ0v) is 26.0. The van der Waals surface area contributed by atoms with Gasteiger partial charge >= 0.3 is 5.97 Å². The van der Waals surface area contributed by atoms with E-state index in [2.05, 4.69) is 26.9 Å². The van der Waals surface area contributed by atoms with Crippen LogP contribution in [0, 0.1) is 0 Å². The second-order valence-electron chi connectivity index (χ2n) is 11.3. The molecule has 0 amide bonds. The number of carboxylic acids is 1. The third kappa shape index (κ3) is 7.86. The Kier molecular flexibility index (Phi) is 9.58. The summed E-state index contributed by atoms with van der Waals surface area (Å²) in [7, 11) is 0. The summed E-state index contributed by atoms with van der Waals surface area (Å²) in [6.45, 7) is 2.68. The van der Waals surface area contributed by atoms with Crippen LogP contribution < -0.4 is 9.47 Å². The first-order valence-corrected chi connectivity index (χ1v) is 15.4. The molecule has 0 bridgehead atoms. The van der Waals surface area contributed by atoms with Gasteiger partial charge in [0.05, 0.1) is 34.2 Å². The summed E-state index contributed by atoms with van der Waals surface area (Å²) in [5, 5.41) is 9.54. The highest BCUT2D eigenvalue weighted by Gasteiger charge is 2.30. The predicted molar refractivity (Wildman–Crippen MR) is 180 cm³/mol. The van der Waals surface area contributed by atoms with Crippen molar-refractivity contribution < 1.29 is 19.4 Å². The lowest BCUT2D eigenvalue weighted by Crippen LogP contribution is -2.25. The van der Waals surface area contributed by atoms with Gasteiger partial charge in [-0.1, -0.05) is 55.5 Å². The summed E-state index contributed by atoms with van der Waals surface area (Å²) in [6, 6.07) is 38.7. The van der Waals surface area contributed by atoms with Crippen LogP contribution in [-0.4, -0.2) is 31.0 Å². The van der Waals surface area contributed by atoms with Crippen LogP contribution in [0.15, 0.2) is 134 Å². The van der Waals surface area contributed by atoms with Crippen molar-refractivity contribution in [1.29, 1.82) is 0 Å². The molecule has 4 heterocycles. The smallest absolute Gasteiger partial charge is 0.303 e. The van der Waals surface area contributed by atoms with Crippen molar-refractivity contribution >= 4 is 5.97 Å². The highest BCUT2D eigenvalue weighted by Crippen LogP contribution is 2.38. The molecule has 4 aromatic heterocycles. The number of hydrogen-bond acceptors (Lipinski definition) is 7. The minimum atomic E-state index is -0.836. The molecule has 0 fully saturated rings. The molecule has 0 atom stereocenters. The number of benzene rings is 2. The summed E-state index contributed by atoms with van der Waals surface area (Å²) in [5.74, 6) is 0.560. The van der Waals surface area contributed by atoms with Gasteiger partial charge in [-0.05, 0) is 90.3 Å². The minimum absolute atomic E-state index is 0.0313. The Morgan fingerprint density at radius 3 is 1.45 bits per heavy atom. The fraction of sp³-hybridized carbons (Fsp3) is 0.154. The molecule has 6 aromatic rings. The van der Waals surface area contributed by atoms with E-state index in [0.29, 0.717) is 31.1 Å². The second-order valence-corrected chi connectivity index (χ2v) is 11.3. The Morgan fingerprint density at radius 2 is 1.04 bits per heavy atom. The molecule has 0 saturated carbocycles. The van der Waals surface area contributed by atoms with Crippen molar-refractivity contribution in [2.45, 2.75) is 38.4 Å². The van der Waals surface area contributed by atoms with E-state index in [9.17, 15) is 9.90 Å². The molecule has 8 heteroatoms. The van der Waals surface area contributed by atoms with Crippen LogP contribution in [-0.2, 0) is 23.4 Å². The molecule has 0 spiro atoms. The largest absolute Gasteiger partial charge is 0.487 e. The van der Waals surface area contributed by atoms with Gasteiger partial charge in [-0.15, -0.1) is 0 Å². The lowest BCUT2D eigenvalue weighted by Gasteiger charge is -2.31. The minimum Gasteiger partial charge on any atom is -0.487 e. The monoisotopic (exact) mass is 622 g/mol. The van der Waals surface area contributed by atoms with Crippen LogP contribution in [0.25, 0.3) is 22.8 Å². The topological polar surface area (TPSA) is 107 Å². The van der Waals surface area contributed by atoms with E-state index in [-0.39, 0.29) is 6.42 Å². The Morgan fingerprint density at radius 1 is 0.596 bits per heavy atom. The number of carboxylic acid groups (broad SMARTS) is 1. The number of pyridine rings is 4. The molecule has 6 rings (SSSR count). The molecule has 8 nitrogen and oxygen atoms in total. The highest BCUT2D eigenvalue weighted by molar-refractivity contribution is 5.67. The molecular formula is C39H34N4O4. The molecule has 0 aliphatic heterocycles. The van der Waals surface area contributed by atoms with E-state index in [1.54, 1.807) is 12.4 Å². The third-order valence-corrected chi connectivity index (χ3v) is 8.06. The van der Waals surface area contributed by atoms with E-state index >= 15 is 0 Å². The van der Waals surface area contributed by atoms with Gasteiger partial charge in [-0.25, -0.2) is 9.97 Å². The molecule has 234 valence electrons. The third-order valence-electron chi connectivity index (χ3n) is 8.06. The van der Waals surface area contributed by atoms with E-state index in [1.165, 1.54) is 0 Å². The first kappa shape index (κ1) is 31.1. The van der Waals surface area contributed by atoms with Gasteiger partial charge in [0.2, 0.25) is 0 Å². The van der Waals surface area contributed by atoms with Crippen molar-refractivity contribution in [3.05, 3.63) is 156 Å². The number of aliphatic carboxylic acids is 1. The van der Waals surface area contributed by atoms with Gasteiger partial charge < -0.3 is 14.6 Å². The van der Waals surface area contributed by atoms with Crippen LogP contribution in [0.1, 0.15) is 42.3 Å². The molecule has 0 aliphatic carbocycles. The SMILES string of the molecule is CC(CCC(=O)O)(c1ccc(OCc2cccc(-c3ccccn3)n2)cc1)c1ccc(OCc2cccc(-c3ccccn3)n2)cc1. The Balaban J connectivity index is 1.13. The van der Waals surface area contributed by atoms with Gasteiger partial charge in [0, 0.05) is 24.2 Å². The predicted octanol–water partition coefficient (Wildman–Crippen LogP) is 7.93. The van der Waals surface area contributed by atoms with Crippen LogP contribution in [0.5, 0.6) is 11.5 Å². The summed E-state index contributed by atoms with van der Waals surface area (Å²) >= 11 is 0. The number of ether oxygens (including phenoxy) is 2. The Bertz CT molecular complexity index is 1790. The lowest BCUT2D eigenvalue weighted by atomic mass is 9.73. The zero-order valence-electron chi connectivity index (χ0n) is 26.0. The van der Waals surface area contributed by atoms with Gasteiger partial charge in [0.15, 0.2) is 0 Å². The number of carbonyl (C=O) groups is 1. The Hall–Kier alpha value is -5.89. The van der Waals surface area contributed by atoms with Crippen LogP contribution >= 0.6 is 0 Å². The van der Waals surface area contributed by atoms with Crippen LogP contribution in [0.4, 0.5) is 0 Å². The molecule has 1 N–H and O–H groups in total. The Labute approximate surface area is 273 Å². The lowest BCUT2D eigenvalue weighted by molar-refractivity contribution is -0.137. The fourth-order valence-corrected chi connectivity index (χ4v) is 5.40. The van der Waals surface area contributed by atoms with Crippen molar-refractivity contribution in [2.24, 2.45) is 0 Å². The molecular weight excluding hydrogens is 588 g/mol. The first-order chi connectivity index (χ1) is 23.0. The van der Waals surface area contributed by atoms with Gasteiger partial charge in [0.1, 0.15) is 24.7 Å². The second kappa shape index (κ2) is 14.5. The summed E-state index contributed by atoms with van der Waals surface area (Å²) in [6.07, 6.45) is 3.95. The van der Waals surface area contributed by atoms with Gasteiger partial charge in [-0.2, -0.15) is 0 Å². The normalized spacial score (nSPS) is 11.2. The van der Waals surface area contributed by atoms with Crippen molar-refractivity contribution in [1.82, 2.24) is 19.9 Å². The van der Waals surface area contributed by atoms with E-state index in [4.69, 9.17) is 9.47 Å². The molecule has 47 heavy (non-hydrogen) atoms. The summed E-state index contributed by atoms with van der Waals surface area (Å²) < 4.78 is 12.1. The van der Waals surface area contributed by atoms with Gasteiger partial charge in [0.25, 0.3) is 0 Å². The average molecular weight is 623 g/mol. The molecule has 0 radical (unpaired) electrons. The van der Waals surface area contributed by atoms with E-state index < -0.39 is 11.4 Å². The standard InChI is InChI=1S/C39H34N4O4/c1-39(23-22-38(44)45,28-14-18-32(19-15-28)46-26-30-8-6-12-36(42-30)34-10-2-4-24-40-34)29-16-20-33(21-17-29)47-27-31-9-7-13-37(43-31)35-11-3-5-25-41-35/h2-21,24-25H,22-23,26-27H2,1H3,(H,44,45). The maximum Gasteiger partial charge on any atom is 0.303 e. The summed E-state index contributed by atoms with van der Waals surface area (Å²) in [4.78, 5) is 29.8. The molecule has 0 saturated heterocycles. The summed E-state index contributed by atoms with van der Waals surface area (Å²) in [5.41, 5.74) is 6.22. The van der Waals surface area contributed by atoms with Crippen LogP contribution in [0.2, 0.25) is 0 Å². The number of aromatic nitrogens is 4. The highest BCUT2D eigenvalue weighted by atomic mass is 16.5. The van der Waals surface area contributed by atoms with E-state index in [1.807, 2.05) is 121 Å². The van der Waals surface area contributed by atoms with E-state index in [0.717, 1.165) is 45.3 Å². The molecule has 0 unspecified atom stereocenters. The number of rotatable bonds is 13. The fourth-order valence-electron chi connectivity index (χ4n) is 5.40. The average Bonchev–Trinajstić information content (AvgIpc) is 3.13. The first-order valence-electron chi connectivity index (χ1n) is 15.4. The molecule has 2 aromatic carbocycles. The van der Waals surface area contributed by atoms with Crippen LogP contribution in [0.3, 0.4) is 0 Å². The molecule has 0 aliphatic rings. The quantitative estimate of drug-likeness (QED) is 0.138. The maximum absolute atomic E-state index is 11.6. The van der Waals surface area contributed by atoms with Crippen molar-refractivity contribution in [2.75, 3.05) is 0 Å².